The molecule has 1 aliphatic carbocycles. The minimum absolute atomic E-state index is 0.703. The highest BCUT2D eigenvalue weighted by Crippen LogP contribution is 2.36. The van der Waals surface area contributed by atoms with E-state index in [4.69, 9.17) is 5.73 Å². The van der Waals surface area contributed by atoms with Gasteiger partial charge in [-0.3, -0.25) is 0 Å². The van der Waals surface area contributed by atoms with E-state index in [1.165, 1.54) is 18.4 Å². The van der Waals surface area contributed by atoms with Crippen molar-refractivity contribution in [3.63, 3.8) is 0 Å². The van der Waals surface area contributed by atoms with Crippen molar-refractivity contribution in [3.05, 3.63) is 34.9 Å². The number of rotatable bonds is 2. The molecule has 1 aliphatic rings. The highest BCUT2D eigenvalue weighted by Gasteiger charge is 2.23. The fourth-order valence-electron chi connectivity index (χ4n) is 2.86. The fraction of sp³-hybridized carbons (Fsp3) is 0.571. The standard InChI is InChI=1S/C14H21N/c1-10-3-4-14-12(5-6-15)8-11(2)9-13(14)7-10/h3-4,7,11-12H,5-6,8-9,15H2,1-2H3. The molecular weight excluding hydrogens is 182 g/mol. The van der Waals surface area contributed by atoms with Crippen molar-refractivity contribution in [2.75, 3.05) is 6.54 Å². The van der Waals surface area contributed by atoms with E-state index in [0.29, 0.717) is 5.92 Å². The number of nitrogens with two attached hydrogens (primary N) is 1. The number of hydrogen-bond acceptors (Lipinski definition) is 1. The van der Waals surface area contributed by atoms with Gasteiger partial charge in [-0.25, -0.2) is 0 Å². The summed E-state index contributed by atoms with van der Waals surface area (Å²) in [7, 11) is 0. The highest BCUT2D eigenvalue weighted by molar-refractivity contribution is 5.36. The molecule has 0 aliphatic heterocycles. The first-order chi connectivity index (χ1) is 7.20. The van der Waals surface area contributed by atoms with Crippen LogP contribution >= 0.6 is 0 Å². The molecule has 82 valence electrons. The smallest absolute Gasteiger partial charge is 0.00714 e. The van der Waals surface area contributed by atoms with E-state index in [-0.39, 0.29) is 0 Å². The first-order valence-electron chi connectivity index (χ1n) is 6.00. The van der Waals surface area contributed by atoms with Crippen LogP contribution < -0.4 is 5.73 Å². The molecule has 0 aromatic heterocycles. The normalized spacial score (nSPS) is 25.0. The second kappa shape index (κ2) is 4.36. The van der Waals surface area contributed by atoms with Crippen LogP contribution in [0.15, 0.2) is 18.2 Å². The molecule has 1 heteroatoms. The molecule has 2 unspecified atom stereocenters. The number of hydrogen-bond donors (Lipinski definition) is 1. The van der Waals surface area contributed by atoms with E-state index in [0.717, 1.165) is 18.9 Å². The van der Waals surface area contributed by atoms with Crippen LogP contribution in [-0.4, -0.2) is 6.54 Å². The monoisotopic (exact) mass is 203 g/mol. The Morgan fingerprint density at radius 3 is 2.93 bits per heavy atom. The molecule has 15 heavy (non-hydrogen) atoms. The van der Waals surface area contributed by atoms with Crippen LogP contribution in [0.3, 0.4) is 0 Å². The van der Waals surface area contributed by atoms with Gasteiger partial charge in [-0.05, 0) is 55.7 Å². The third-order valence-electron chi connectivity index (χ3n) is 3.51. The van der Waals surface area contributed by atoms with E-state index in [1.54, 1.807) is 11.1 Å². The first kappa shape index (κ1) is 10.7. The highest BCUT2D eigenvalue weighted by atomic mass is 14.5. The Bertz CT molecular complexity index is 343. The van der Waals surface area contributed by atoms with Gasteiger partial charge in [0.05, 0.1) is 0 Å². The van der Waals surface area contributed by atoms with Gasteiger partial charge in [0, 0.05) is 0 Å². The van der Waals surface area contributed by atoms with Gasteiger partial charge >= 0.3 is 0 Å². The molecule has 2 N–H and O–H groups in total. The zero-order valence-electron chi connectivity index (χ0n) is 9.79. The lowest BCUT2D eigenvalue weighted by atomic mass is 9.76. The van der Waals surface area contributed by atoms with Gasteiger partial charge in [0.1, 0.15) is 0 Å². The lowest BCUT2D eigenvalue weighted by molar-refractivity contribution is 0.418. The molecule has 0 radical (unpaired) electrons. The van der Waals surface area contributed by atoms with Crippen molar-refractivity contribution >= 4 is 0 Å². The molecule has 1 aromatic carbocycles. The maximum Gasteiger partial charge on any atom is -0.00714 e. The van der Waals surface area contributed by atoms with E-state index in [1.807, 2.05) is 0 Å². The predicted molar refractivity (Wildman–Crippen MR) is 65.1 cm³/mol. The molecule has 1 aromatic rings. The largest absolute Gasteiger partial charge is 0.330 e. The van der Waals surface area contributed by atoms with Crippen LogP contribution in [0.2, 0.25) is 0 Å². The lowest BCUT2D eigenvalue weighted by Crippen LogP contribution is -2.19. The Hall–Kier alpha value is -0.820. The molecule has 0 bridgehead atoms. The first-order valence-corrected chi connectivity index (χ1v) is 6.00. The maximum absolute atomic E-state index is 5.69. The maximum atomic E-state index is 5.69. The molecule has 2 rings (SSSR count). The van der Waals surface area contributed by atoms with Crippen LogP contribution in [-0.2, 0) is 6.42 Å². The van der Waals surface area contributed by atoms with Gasteiger partial charge in [0.25, 0.3) is 0 Å². The molecule has 1 nitrogen and oxygen atoms in total. The summed E-state index contributed by atoms with van der Waals surface area (Å²) in [5, 5.41) is 0. The quantitative estimate of drug-likeness (QED) is 0.785. The van der Waals surface area contributed by atoms with Crippen molar-refractivity contribution < 1.29 is 0 Å². The molecule has 2 atom stereocenters. The summed E-state index contributed by atoms with van der Waals surface area (Å²) in [6, 6.07) is 6.91. The predicted octanol–water partition coefficient (Wildman–Crippen LogP) is 3.01. The second-order valence-electron chi connectivity index (χ2n) is 5.02. The van der Waals surface area contributed by atoms with Crippen molar-refractivity contribution in [1.82, 2.24) is 0 Å². The molecular formula is C14H21N. The van der Waals surface area contributed by atoms with Crippen LogP contribution in [0.5, 0.6) is 0 Å². The Morgan fingerprint density at radius 2 is 2.20 bits per heavy atom. The van der Waals surface area contributed by atoms with Gasteiger partial charge in [0.2, 0.25) is 0 Å². The molecule has 0 saturated carbocycles. The number of fused-ring (bicyclic) bond motifs is 1. The van der Waals surface area contributed by atoms with Crippen LogP contribution in [0, 0.1) is 12.8 Å². The van der Waals surface area contributed by atoms with E-state index < -0.39 is 0 Å². The minimum atomic E-state index is 0.703. The van der Waals surface area contributed by atoms with Crippen LogP contribution in [0.25, 0.3) is 0 Å². The molecule has 0 saturated heterocycles. The molecule has 0 fully saturated rings. The molecule has 0 heterocycles. The summed E-state index contributed by atoms with van der Waals surface area (Å²) in [6.07, 6.45) is 3.70. The lowest BCUT2D eigenvalue weighted by Gasteiger charge is -2.29. The van der Waals surface area contributed by atoms with Gasteiger partial charge in [0.15, 0.2) is 0 Å². The van der Waals surface area contributed by atoms with Crippen LogP contribution in [0.4, 0.5) is 0 Å². The average molecular weight is 203 g/mol. The SMILES string of the molecule is Cc1ccc2c(c1)CC(C)CC2CCN. The van der Waals surface area contributed by atoms with Gasteiger partial charge < -0.3 is 5.73 Å². The minimum Gasteiger partial charge on any atom is -0.330 e. The Labute approximate surface area is 92.7 Å². The van der Waals surface area contributed by atoms with E-state index >= 15 is 0 Å². The Kier molecular flexibility index (Phi) is 3.11. The summed E-state index contributed by atoms with van der Waals surface area (Å²) in [5.74, 6) is 1.52. The van der Waals surface area contributed by atoms with Crippen molar-refractivity contribution in [3.8, 4) is 0 Å². The fourth-order valence-corrected chi connectivity index (χ4v) is 2.86. The van der Waals surface area contributed by atoms with E-state index in [2.05, 4.69) is 32.0 Å². The summed E-state index contributed by atoms with van der Waals surface area (Å²) in [6.45, 7) is 5.34. The number of aryl methyl sites for hydroxylation is 1. The van der Waals surface area contributed by atoms with Crippen molar-refractivity contribution in [1.29, 1.82) is 0 Å². The third kappa shape index (κ3) is 2.23. The van der Waals surface area contributed by atoms with Crippen LogP contribution in [0.1, 0.15) is 42.4 Å². The summed E-state index contributed by atoms with van der Waals surface area (Å²) in [4.78, 5) is 0. The van der Waals surface area contributed by atoms with E-state index in [9.17, 15) is 0 Å². The van der Waals surface area contributed by atoms with Crippen molar-refractivity contribution in [2.45, 2.75) is 39.0 Å². The zero-order valence-corrected chi connectivity index (χ0v) is 9.79. The molecule has 0 spiro atoms. The summed E-state index contributed by atoms with van der Waals surface area (Å²) in [5.41, 5.74) is 10.2. The average Bonchev–Trinajstić information content (AvgIpc) is 2.17. The third-order valence-corrected chi connectivity index (χ3v) is 3.51. The molecule has 0 amide bonds. The van der Waals surface area contributed by atoms with Crippen molar-refractivity contribution in [2.24, 2.45) is 11.7 Å². The zero-order chi connectivity index (χ0) is 10.8. The number of benzene rings is 1. The van der Waals surface area contributed by atoms with Gasteiger partial charge in [-0.1, -0.05) is 30.7 Å². The Balaban J connectivity index is 2.33. The summed E-state index contributed by atoms with van der Waals surface area (Å²) >= 11 is 0. The van der Waals surface area contributed by atoms with Gasteiger partial charge in [-0.15, -0.1) is 0 Å². The van der Waals surface area contributed by atoms with Gasteiger partial charge in [-0.2, -0.15) is 0 Å². The topological polar surface area (TPSA) is 26.0 Å². The Morgan fingerprint density at radius 1 is 1.40 bits per heavy atom. The second-order valence-corrected chi connectivity index (χ2v) is 5.02. The summed E-state index contributed by atoms with van der Waals surface area (Å²) < 4.78 is 0.